The number of carbonyl (C=O) groups excluding carboxylic acids is 1. The lowest BCUT2D eigenvalue weighted by Crippen LogP contribution is -2.43. The third kappa shape index (κ3) is 4.06. The Balaban J connectivity index is 1.78. The van der Waals surface area contributed by atoms with Gasteiger partial charge in [0.2, 0.25) is 0 Å². The number of hydrogen-bond acceptors (Lipinski definition) is 3. The zero-order chi connectivity index (χ0) is 16.1. The van der Waals surface area contributed by atoms with Gasteiger partial charge < -0.3 is 4.74 Å². The molecule has 120 valence electrons. The number of Topliss-reactive ketones (excluding diaryl/α,β-unsaturated/α-hetero) is 1. The largest absolute Gasteiger partial charge is 0.368 e. The molecule has 3 nitrogen and oxygen atoms in total. The van der Waals surface area contributed by atoms with Crippen molar-refractivity contribution in [1.82, 2.24) is 4.90 Å². The van der Waals surface area contributed by atoms with Gasteiger partial charge in [-0.05, 0) is 18.1 Å². The molecule has 3 rings (SSSR count). The van der Waals surface area contributed by atoms with Crippen LogP contribution in [0.2, 0.25) is 0 Å². The number of nitrogens with zero attached hydrogens (tertiary/aromatic N) is 1. The molecule has 0 radical (unpaired) electrons. The molecular formula is C20H23NO2. The molecule has 0 saturated carbocycles. The lowest BCUT2D eigenvalue weighted by atomic mass is 10.0. The van der Waals surface area contributed by atoms with E-state index in [2.05, 4.69) is 60.4 Å². The second-order valence-corrected chi connectivity index (χ2v) is 6.12. The van der Waals surface area contributed by atoms with E-state index in [-0.39, 0.29) is 17.9 Å². The van der Waals surface area contributed by atoms with Crippen LogP contribution < -0.4 is 0 Å². The van der Waals surface area contributed by atoms with E-state index in [1.54, 1.807) is 0 Å². The van der Waals surface area contributed by atoms with Gasteiger partial charge in [0.1, 0.15) is 6.10 Å². The molecule has 0 spiro atoms. The maximum Gasteiger partial charge on any atom is 0.165 e. The molecule has 0 amide bonds. The summed E-state index contributed by atoms with van der Waals surface area (Å²) >= 11 is 0. The molecule has 0 aromatic heterocycles. The highest BCUT2D eigenvalue weighted by molar-refractivity contribution is 5.85. The summed E-state index contributed by atoms with van der Waals surface area (Å²) in [5.41, 5.74) is 2.50. The van der Waals surface area contributed by atoms with Crippen molar-refractivity contribution in [3.8, 4) is 0 Å². The highest BCUT2D eigenvalue weighted by Crippen LogP contribution is 2.21. The Hall–Kier alpha value is -1.97. The molecule has 2 aromatic rings. The van der Waals surface area contributed by atoms with Gasteiger partial charge in [0.15, 0.2) is 5.78 Å². The fourth-order valence-electron chi connectivity index (χ4n) is 3.10. The van der Waals surface area contributed by atoms with E-state index in [1.165, 1.54) is 11.1 Å². The Morgan fingerprint density at radius 3 is 1.96 bits per heavy atom. The van der Waals surface area contributed by atoms with E-state index in [9.17, 15) is 4.79 Å². The third-order valence-electron chi connectivity index (χ3n) is 4.43. The van der Waals surface area contributed by atoms with Crippen LogP contribution in [0.25, 0.3) is 0 Å². The van der Waals surface area contributed by atoms with Crippen molar-refractivity contribution in [3.05, 3.63) is 71.8 Å². The van der Waals surface area contributed by atoms with Crippen molar-refractivity contribution >= 4 is 5.78 Å². The van der Waals surface area contributed by atoms with Gasteiger partial charge in [0, 0.05) is 25.6 Å². The van der Waals surface area contributed by atoms with Crippen LogP contribution in [0.1, 0.15) is 24.5 Å². The first-order valence-corrected chi connectivity index (χ1v) is 8.20. The van der Waals surface area contributed by atoms with E-state index >= 15 is 0 Å². The molecule has 0 aliphatic carbocycles. The summed E-state index contributed by atoms with van der Waals surface area (Å²) in [5.74, 6) is 0.226. The van der Waals surface area contributed by atoms with Gasteiger partial charge in [-0.2, -0.15) is 0 Å². The first kappa shape index (κ1) is 15.9. The number of ketones is 1. The van der Waals surface area contributed by atoms with Crippen LogP contribution in [0.15, 0.2) is 60.7 Å². The van der Waals surface area contributed by atoms with Crippen molar-refractivity contribution in [1.29, 1.82) is 0 Å². The van der Waals surface area contributed by atoms with Crippen LogP contribution in [0.4, 0.5) is 0 Å². The quantitative estimate of drug-likeness (QED) is 0.818. The SMILES string of the molecule is C[C@@H]([C@@H]1OCCC1=O)N(Cc1ccccc1)Cc1ccccc1. The van der Waals surface area contributed by atoms with E-state index < -0.39 is 0 Å². The molecule has 1 fully saturated rings. The fraction of sp³-hybridized carbons (Fsp3) is 0.350. The smallest absolute Gasteiger partial charge is 0.165 e. The Morgan fingerprint density at radius 2 is 1.52 bits per heavy atom. The molecule has 0 unspecified atom stereocenters. The van der Waals surface area contributed by atoms with E-state index in [0.717, 1.165) is 13.1 Å². The van der Waals surface area contributed by atoms with Gasteiger partial charge in [-0.1, -0.05) is 60.7 Å². The maximum atomic E-state index is 12.1. The normalized spacial score (nSPS) is 19.2. The van der Waals surface area contributed by atoms with Crippen molar-refractivity contribution < 1.29 is 9.53 Å². The summed E-state index contributed by atoms with van der Waals surface area (Å²) in [4.78, 5) is 14.4. The summed E-state index contributed by atoms with van der Waals surface area (Å²) in [7, 11) is 0. The minimum atomic E-state index is -0.303. The Bertz CT molecular complexity index is 585. The third-order valence-corrected chi connectivity index (χ3v) is 4.43. The van der Waals surface area contributed by atoms with E-state index in [0.29, 0.717) is 13.0 Å². The Morgan fingerprint density at radius 1 is 1.00 bits per heavy atom. The van der Waals surface area contributed by atoms with Gasteiger partial charge >= 0.3 is 0 Å². The standard InChI is InChI=1S/C20H23NO2/c1-16(20-19(22)12-13-23-20)21(14-17-8-4-2-5-9-17)15-18-10-6-3-7-11-18/h2-11,16,20H,12-15H2,1H3/t16-,20-/m0/s1. The Labute approximate surface area is 137 Å². The van der Waals surface area contributed by atoms with Gasteiger partial charge in [0.25, 0.3) is 0 Å². The van der Waals surface area contributed by atoms with Crippen LogP contribution in [-0.4, -0.2) is 29.4 Å². The minimum Gasteiger partial charge on any atom is -0.368 e. The summed E-state index contributed by atoms with van der Waals surface area (Å²) in [6.07, 6.45) is 0.238. The van der Waals surface area contributed by atoms with Crippen LogP contribution in [0, 0.1) is 0 Å². The highest BCUT2D eigenvalue weighted by Gasteiger charge is 2.34. The van der Waals surface area contributed by atoms with Crippen LogP contribution in [0.3, 0.4) is 0 Å². The summed E-state index contributed by atoms with van der Waals surface area (Å²) in [6, 6.07) is 20.8. The summed E-state index contributed by atoms with van der Waals surface area (Å²) in [6.45, 7) is 4.27. The number of hydrogen-bond donors (Lipinski definition) is 0. The number of carbonyl (C=O) groups is 1. The van der Waals surface area contributed by atoms with Crippen LogP contribution in [0.5, 0.6) is 0 Å². The zero-order valence-corrected chi connectivity index (χ0v) is 13.5. The summed E-state index contributed by atoms with van der Waals surface area (Å²) in [5, 5.41) is 0. The monoisotopic (exact) mass is 309 g/mol. The second kappa shape index (κ2) is 7.53. The molecule has 3 heteroatoms. The van der Waals surface area contributed by atoms with Crippen molar-refractivity contribution in [2.75, 3.05) is 6.61 Å². The molecular weight excluding hydrogens is 286 g/mol. The van der Waals surface area contributed by atoms with Crippen LogP contribution in [-0.2, 0) is 22.6 Å². The van der Waals surface area contributed by atoms with Crippen molar-refractivity contribution in [2.45, 2.75) is 38.6 Å². The van der Waals surface area contributed by atoms with Crippen molar-refractivity contribution in [2.24, 2.45) is 0 Å². The predicted octanol–water partition coefficient (Wildman–Crippen LogP) is 3.44. The molecule has 1 aliphatic rings. The average Bonchev–Trinajstić information content (AvgIpc) is 3.01. The van der Waals surface area contributed by atoms with Gasteiger partial charge in [-0.15, -0.1) is 0 Å². The molecule has 2 aromatic carbocycles. The summed E-state index contributed by atoms with van der Waals surface area (Å²) < 4.78 is 5.69. The molecule has 0 bridgehead atoms. The van der Waals surface area contributed by atoms with E-state index in [1.807, 2.05) is 12.1 Å². The molecule has 1 saturated heterocycles. The van der Waals surface area contributed by atoms with Crippen molar-refractivity contribution in [3.63, 3.8) is 0 Å². The van der Waals surface area contributed by atoms with Crippen LogP contribution >= 0.6 is 0 Å². The van der Waals surface area contributed by atoms with E-state index in [4.69, 9.17) is 4.74 Å². The number of rotatable bonds is 6. The average molecular weight is 309 g/mol. The van der Waals surface area contributed by atoms with Gasteiger partial charge in [-0.3, -0.25) is 9.69 Å². The first-order chi connectivity index (χ1) is 11.2. The first-order valence-electron chi connectivity index (χ1n) is 8.20. The number of benzene rings is 2. The lowest BCUT2D eigenvalue weighted by molar-refractivity contribution is -0.125. The second-order valence-electron chi connectivity index (χ2n) is 6.12. The highest BCUT2D eigenvalue weighted by atomic mass is 16.5. The Kier molecular flexibility index (Phi) is 5.21. The topological polar surface area (TPSA) is 29.5 Å². The predicted molar refractivity (Wildman–Crippen MR) is 91.0 cm³/mol. The fourth-order valence-corrected chi connectivity index (χ4v) is 3.10. The molecule has 1 heterocycles. The lowest BCUT2D eigenvalue weighted by Gasteiger charge is -2.32. The minimum absolute atomic E-state index is 0.0606. The molecule has 23 heavy (non-hydrogen) atoms. The van der Waals surface area contributed by atoms with Gasteiger partial charge in [-0.25, -0.2) is 0 Å². The zero-order valence-electron chi connectivity index (χ0n) is 13.5. The molecule has 1 aliphatic heterocycles. The van der Waals surface area contributed by atoms with Gasteiger partial charge in [0.05, 0.1) is 6.61 Å². The maximum absolute atomic E-state index is 12.1. The number of ether oxygens (including phenoxy) is 1. The molecule has 2 atom stereocenters. The molecule has 0 N–H and O–H groups in total.